The van der Waals surface area contributed by atoms with Gasteiger partial charge >= 0.3 is 5.97 Å². The molecule has 1 aromatic heterocycles. The van der Waals surface area contributed by atoms with Crippen molar-refractivity contribution in [2.75, 3.05) is 6.61 Å². The highest BCUT2D eigenvalue weighted by Gasteiger charge is 2.42. The number of furan rings is 1. The van der Waals surface area contributed by atoms with Crippen molar-refractivity contribution in [1.82, 2.24) is 0 Å². The average molecular weight is 379 g/mol. The molecule has 28 heavy (non-hydrogen) atoms. The second-order valence-corrected chi connectivity index (χ2v) is 6.72. The third kappa shape index (κ3) is 3.11. The second kappa shape index (κ2) is 7.38. The summed E-state index contributed by atoms with van der Waals surface area (Å²) in [5.41, 5.74) is 7.54. The normalized spacial score (nSPS) is 19.3. The van der Waals surface area contributed by atoms with Gasteiger partial charge in [-0.1, -0.05) is 30.3 Å². The number of ketones is 1. The summed E-state index contributed by atoms with van der Waals surface area (Å²) < 4.78 is 16.9. The smallest absolute Gasteiger partial charge is 0.340 e. The van der Waals surface area contributed by atoms with Gasteiger partial charge < -0.3 is 19.6 Å². The summed E-state index contributed by atoms with van der Waals surface area (Å²) in [5, 5.41) is 0. The van der Waals surface area contributed by atoms with Crippen LogP contribution < -0.4 is 5.73 Å². The monoisotopic (exact) mass is 379 g/mol. The van der Waals surface area contributed by atoms with Crippen LogP contribution in [0.5, 0.6) is 0 Å². The van der Waals surface area contributed by atoms with Crippen LogP contribution in [0.1, 0.15) is 37.9 Å². The largest absolute Gasteiger partial charge is 0.462 e. The van der Waals surface area contributed by atoms with Crippen LogP contribution in [-0.2, 0) is 19.1 Å². The van der Waals surface area contributed by atoms with Gasteiger partial charge in [0.2, 0.25) is 5.88 Å². The molecule has 4 rings (SSSR count). The topological polar surface area (TPSA) is 91.8 Å². The van der Waals surface area contributed by atoms with E-state index in [-0.39, 0.29) is 23.8 Å². The first kappa shape index (κ1) is 18.1. The van der Waals surface area contributed by atoms with Crippen LogP contribution >= 0.6 is 0 Å². The lowest BCUT2D eigenvalue weighted by molar-refractivity contribution is -0.139. The summed E-state index contributed by atoms with van der Waals surface area (Å²) in [7, 11) is 0. The number of hydrogen-bond acceptors (Lipinski definition) is 6. The van der Waals surface area contributed by atoms with Gasteiger partial charge in [0.25, 0.3) is 0 Å². The zero-order chi connectivity index (χ0) is 19.7. The Balaban J connectivity index is 1.82. The molecule has 1 unspecified atom stereocenters. The number of esters is 1. The number of carbonyl (C=O) groups is 2. The molecular weight excluding hydrogens is 358 g/mol. The Hall–Kier alpha value is -3.28. The third-order valence-corrected chi connectivity index (χ3v) is 4.95. The molecule has 2 aliphatic rings. The molecule has 0 saturated heterocycles. The standard InChI is InChI=1S/C22H21NO5/c1-2-26-22(25)20-19(18-14(24)9-6-10-16(18)28-21(20)23)17-12-11-15(27-17)13-7-4-3-5-8-13/h3-5,7-8,11-12,19H,2,6,9-10,23H2,1H3. The predicted molar refractivity (Wildman–Crippen MR) is 102 cm³/mol. The lowest BCUT2D eigenvalue weighted by Crippen LogP contribution is -2.31. The van der Waals surface area contributed by atoms with E-state index in [0.29, 0.717) is 42.1 Å². The quantitative estimate of drug-likeness (QED) is 0.813. The molecule has 1 aliphatic heterocycles. The Morgan fingerprint density at radius 1 is 1.18 bits per heavy atom. The first-order valence-corrected chi connectivity index (χ1v) is 9.36. The molecule has 1 aliphatic carbocycles. The number of allylic oxidation sites excluding steroid dienone is 2. The summed E-state index contributed by atoms with van der Waals surface area (Å²) in [5.74, 6) is 0.211. The zero-order valence-electron chi connectivity index (χ0n) is 15.6. The fourth-order valence-corrected chi connectivity index (χ4v) is 3.71. The molecule has 6 heteroatoms. The van der Waals surface area contributed by atoms with Gasteiger partial charge in [0.15, 0.2) is 5.78 Å². The Kier molecular flexibility index (Phi) is 4.77. The fourth-order valence-electron chi connectivity index (χ4n) is 3.71. The number of rotatable bonds is 4. The molecule has 1 aromatic carbocycles. The minimum Gasteiger partial charge on any atom is -0.462 e. The first-order chi connectivity index (χ1) is 13.6. The van der Waals surface area contributed by atoms with Gasteiger partial charge in [-0.25, -0.2) is 4.79 Å². The summed E-state index contributed by atoms with van der Waals surface area (Å²) >= 11 is 0. The molecule has 0 saturated carbocycles. The van der Waals surface area contributed by atoms with E-state index in [9.17, 15) is 9.59 Å². The van der Waals surface area contributed by atoms with Crippen LogP contribution in [0.15, 0.2) is 69.7 Å². The summed E-state index contributed by atoms with van der Waals surface area (Å²) in [4.78, 5) is 25.4. The first-order valence-electron chi connectivity index (χ1n) is 9.36. The van der Waals surface area contributed by atoms with E-state index in [0.717, 1.165) is 5.56 Å². The van der Waals surface area contributed by atoms with E-state index in [2.05, 4.69) is 0 Å². The molecule has 2 heterocycles. The lowest BCUT2D eigenvalue weighted by atomic mass is 9.79. The van der Waals surface area contributed by atoms with E-state index in [1.807, 2.05) is 36.4 Å². The molecule has 2 aromatic rings. The predicted octanol–water partition coefficient (Wildman–Crippen LogP) is 3.80. The molecule has 0 amide bonds. The molecule has 0 radical (unpaired) electrons. The van der Waals surface area contributed by atoms with Gasteiger partial charge in [0, 0.05) is 24.0 Å². The highest BCUT2D eigenvalue weighted by atomic mass is 16.5. The lowest BCUT2D eigenvalue weighted by Gasteiger charge is -2.31. The number of nitrogens with two attached hydrogens (primary N) is 1. The second-order valence-electron chi connectivity index (χ2n) is 6.72. The maximum absolute atomic E-state index is 12.7. The third-order valence-electron chi connectivity index (χ3n) is 4.95. The molecule has 2 N–H and O–H groups in total. The minimum absolute atomic E-state index is 0.0328. The van der Waals surface area contributed by atoms with Crippen LogP contribution in [0.2, 0.25) is 0 Å². The van der Waals surface area contributed by atoms with E-state index >= 15 is 0 Å². The molecular formula is C22H21NO5. The van der Waals surface area contributed by atoms with Gasteiger partial charge in [0.1, 0.15) is 22.9 Å². The molecule has 144 valence electrons. The maximum atomic E-state index is 12.7. The van der Waals surface area contributed by atoms with Crippen LogP contribution in [0, 0.1) is 0 Å². The zero-order valence-corrected chi connectivity index (χ0v) is 15.6. The van der Waals surface area contributed by atoms with Gasteiger partial charge in [-0.05, 0) is 25.5 Å². The van der Waals surface area contributed by atoms with Crippen LogP contribution in [0.25, 0.3) is 11.3 Å². The SMILES string of the molecule is CCOC(=O)C1=C(N)OC2=C(C(=O)CCC2)C1c1ccc(-c2ccccc2)o1. The van der Waals surface area contributed by atoms with E-state index in [1.165, 1.54) is 0 Å². The number of benzene rings is 1. The van der Waals surface area contributed by atoms with Crippen LogP contribution in [0.4, 0.5) is 0 Å². The van der Waals surface area contributed by atoms with Crippen LogP contribution in [-0.4, -0.2) is 18.4 Å². The van der Waals surface area contributed by atoms with Crippen LogP contribution in [0.3, 0.4) is 0 Å². The summed E-state index contributed by atoms with van der Waals surface area (Å²) in [6.45, 7) is 1.90. The van der Waals surface area contributed by atoms with Crippen molar-refractivity contribution < 1.29 is 23.5 Å². The minimum atomic E-state index is -0.729. The van der Waals surface area contributed by atoms with Crippen molar-refractivity contribution in [2.24, 2.45) is 5.73 Å². The molecule has 0 fully saturated rings. The van der Waals surface area contributed by atoms with E-state index in [4.69, 9.17) is 19.6 Å². The number of hydrogen-bond donors (Lipinski definition) is 1. The molecule has 6 nitrogen and oxygen atoms in total. The Bertz CT molecular complexity index is 983. The number of Topliss-reactive ketones (excluding diaryl/α,β-unsaturated/α-hetero) is 1. The number of carbonyl (C=O) groups excluding carboxylic acids is 2. The summed E-state index contributed by atoms with van der Waals surface area (Å²) in [6, 6.07) is 13.2. The van der Waals surface area contributed by atoms with E-state index < -0.39 is 11.9 Å². The van der Waals surface area contributed by atoms with Crippen molar-refractivity contribution in [1.29, 1.82) is 0 Å². The van der Waals surface area contributed by atoms with Crippen molar-refractivity contribution in [3.05, 3.63) is 71.0 Å². The Labute approximate surface area is 162 Å². The van der Waals surface area contributed by atoms with Gasteiger partial charge in [-0.15, -0.1) is 0 Å². The van der Waals surface area contributed by atoms with Gasteiger partial charge in [0.05, 0.1) is 12.5 Å². The van der Waals surface area contributed by atoms with E-state index in [1.54, 1.807) is 13.0 Å². The molecule has 1 atom stereocenters. The number of ether oxygens (including phenoxy) is 2. The van der Waals surface area contributed by atoms with Gasteiger partial charge in [-0.3, -0.25) is 4.79 Å². The van der Waals surface area contributed by atoms with Crippen molar-refractivity contribution in [3.8, 4) is 11.3 Å². The maximum Gasteiger partial charge on any atom is 0.340 e. The molecule has 0 bridgehead atoms. The Morgan fingerprint density at radius 3 is 2.71 bits per heavy atom. The van der Waals surface area contributed by atoms with Crippen molar-refractivity contribution in [2.45, 2.75) is 32.1 Å². The van der Waals surface area contributed by atoms with Gasteiger partial charge in [-0.2, -0.15) is 0 Å². The van der Waals surface area contributed by atoms with Crippen molar-refractivity contribution >= 4 is 11.8 Å². The molecule has 0 spiro atoms. The summed E-state index contributed by atoms with van der Waals surface area (Å²) in [6.07, 6.45) is 1.70. The van der Waals surface area contributed by atoms with Crippen molar-refractivity contribution in [3.63, 3.8) is 0 Å². The average Bonchev–Trinajstić information content (AvgIpc) is 3.18. The fraction of sp³-hybridized carbons (Fsp3) is 0.273. The highest BCUT2D eigenvalue weighted by molar-refractivity contribution is 6.03. The Morgan fingerprint density at radius 2 is 1.96 bits per heavy atom. The highest BCUT2D eigenvalue weighted by Crippen LogP contribution is 2.45.